The summed E-state index contributed by atoms with van der Waals surface area (Å²) < 4.78 is 20.6. The van der Waals surface area contributed by atoms with Gasteiger partial charge in [0.15, 0.2) is 12.3 Å². The number of carboxylic acid groups (broad SMARTS) is 1. The van der Waals surface area contributed by atoms with E-state index in [1.54, 1.807) is 48.5 Å². The molecule has 4 rings (SSSR count). The third-order valence-corrected chi connectivity index (χ3v) is 5.91. The van der Waals surface area contributed by atoms with Gasteiger partial charge in [0.05, 0.1) is 23.4 Å². The van der Waals surface area contributed by atoms with Gasteiger partial charge in [-0.2, -0.15) is 0 Å². The summed E-state index contributed by atoms with van der Waals surface area (Å²) in [5, 5.41) is 27.2. The summed E-state index contributed by atoms with van der Waals surface area (Å²) in [5.41, 5.74) is 0.447. The third kappa shape index (κ3) is 5.34. The fraction of sp³-hybridized carbons (Fsp3) is 0.179. The Hall–Kier alpha value is -4.30. The minimum atomic E-state index is -2.02. The number of carbonyl (C=O) groups excluding carboxylic acids is 1. The van der Waals surface area contributed by atoms with Crippen molar-refractivity contribution in [3.05, 3.63) is 95.6 Å². The van der Waals surface area contributed by atoms with Gasteiger partial charge in [0.25, 0.3) is 0 Å². The molecule has 4 aromatic rings. The fourth-order valence-corrected chi connectivity index (χ4v) is 4.15. The molecular formula is C28H24FNO6. The molecule has 0 bridgehead atoms. The Morgan fingerprint density at radius 1 is 0.972 bits per heavy atom. The second kappa shape index (κ2) is 11.0. The number of fused-ring (bicyclic) bond motifs is 2. The van der Waals surface area contributed by atoms with Crippen LogP contribution in [0.5, 0.6) is 0 Å². The Kier molecular flexibility index (Phi) is 7.56. The van der Waals surface area contributed by atoms with Gasteiger partial charge in [-0.15, -0.1) is 0 Å². The van der Waals surface area contributed by atoms with Gasteiger partial charge in [-0.1, -0.05) is 65.8 Å². The molecule has 0 aromatic heterocycles. The van der Waals surface area contributed by atoms with Crippen molar-refractivity contribution in [1.82, 2.24) is 0 Å². The van der Waals surface area contributed by atoms with Gasteiger partial charge in [0.1, 0.15) is 7.11 Å². The molecule has 0 aliphatic rings. The molecular weight excluding hydrogens is 465 g/mol. The van der Waals surface area contributed by atoms with Gasteiger partial charge in [-0.3, -0.25) is 0 Å². The van der Waals surface area contributed by atoms with Crippen molar-refractivity contribution in [3.63, 3.8) is 0 Å². The molecule has 2 N–H and O–H groups in total. The van der Waals surface area contributed by atoms with E-state index in [0.717, 1.165) is 22.4 Å². The Morgan fingerprint density at radius 2 is 1.64 bits per heavy atom. The van der Waals surface area contributed by atoms with Crippen molar-refractivity contribution < 1.29 is 33.8 Å². The van der Waals surface area contributed by atoms with Crippen LogP contribution in [0.3, 0.4) is 0 Å². The monoisotopic (exact) mass is 489 g/mol. The number of oxime groups is 1. The van der Waals surface area contributed by atoms with Crippen LogP contribution in [0.15, 0.2) is 84.0 Å². The summed E-state index contributed by atoms with van der Waals surface area (Å²) in [6, 6.07) is 22.5. The molecule has 0 aliphatic carbocycles. The van der Waals surface area contributed by atoms with Crippen molar-refractivity contribution in [3.8, 4) is 0 Å². The predicted molar refractivity (Wildman–Crippen MR) is 134 cm³/mol. The Morgan fingerprint density at radius 3 is 2.36 bits per heavy atom. The molecule has 0 saturated carbocycles. The Bertz CT molecular complexity index is 1440. The largest absolute Gasteiger partial charge is 0.478 e. The molecule has 0 aliphatic heterocycles. The molecule has 8 heteroatoms. The average molecular weight is 489 g/mol. The van der Waals surface area contributed by atoms with Crippen LogP contribution in [0.1, 0.15) is 26.3 Å². The van der Waals surface area contributed by atoms with E-state index in [4.69, 9.17) is 4.74 Å². The average Bonchev–Trinajstić information content (AvgIpc) is 2.89. The minimum Gasteiger partial charge on any atom is -0.478 e. The molecule has 0 fully saturated rings. The maximum Gasteiger partial charge on any atom is 0.338 e. The smallest absolute Gasteiger partial charge is 0.338 e. The molecule has 3 unspecified atom stereocenters. The second-order valence-electron chi connectivity index (χ2n) is 8.20. The number of aromatic carboxylic acids is 1. The summed E-state index contributed by atoms with van der Waals surface area (Å²) in [6.07, 6.45) is -4.78. The van der Waals surface area contributed by atoms with Gasteiger partial charge in [0, 0.05) is 6.42 Å². The van der Waals surface area contributed by atoms with E-state index in [1.165, 1.54) is 13.2 Å². The van der Waals surface area contributed by atoms with Crippen LogP contribution in [-0.4, -0.2) is 53.9 Å². The highest BCUT2D eigenvalue weighted by Gasteiger charge is 2.33. The van der Waals surface area contributed by atoms with Crippen LogP contribution >= 0.6 is 0 Å². The van der Waals surface area contributed by atoms with E-state index in [2.05, 4.69) is 9.99 Å². The number of hydrogen-bond acceptors (Lipinski definition) is 6. The molecule has 4 aromatic carbocycles. The number of hydrogen-bond donors (Lipinski definition) is 2. The fourth-order valence-electron chi connectivity index (χ4n) is 4.15. The molecule has 184 valence electrons. The van der Waals surface area contributed by atoms with E-state index in [-0.39, 0.29) is 17.5 Å². The maximum absolute atomic E-state index is 15.1. The van der Waals surface area contributed by atoms with E-state index < -0.39 is 30.3 Å². The lowest BCUT2D eigenvalue weighted by Gasteiger charge is -2.25. The molecule has 0 radical (unpaired) electrons. The second-order valence-corrected chi connectivity index (χ2v) is 8.20. The Labute approximate surface area is 206 Å². The quantitative estimate of drug-likeness (QED) is 0.199. The number of esters is 1. The van der Waals surface area contributed by atoms with Crippen molar-refractivity contribution in [2.45, 2.75) is 24.8 Å². The molecule has 0 heterocycles. The molecule has 0 amide bonds. The van der Waals surface area contributed by atoms with E-state index in [0.29, 0.717) is 10.9 Å². The van der Waals surface area contributed by atoms with Gasteiger partial charge in [-0.05, 0) is 45.3 Å². The maximum atomic E-state index is 15.1. The highest BCUT2D eigenvalue weighted by atomic mass is 19.1. The van der Waals surface area contributed by atoms with Crippen LogP contribution in [0.2, 0.25) is 0 Å². The van der Waals surface area contributed by atoms with Crippen molar-refractivity contribution in [2.75, 3.05) is 7.11 Å². The minimum absolute atomic E-state index is 0.0340. The number of ether oxygens (including phenoxy) is 1. The zero-order valence-corrected chi connectivity index (χ0v) is 19.4. The summed E-state index contributed by atoms with van der Waals surface area (Å²) in [7, 11) is 1.23. The van der Waals surface area contributed by atoms with Crippen LogP contribution < -0.4 is 0 Å². The zero-order chi connectivity index (χ0) is 25.7. The first-order chi connectivity index (χ1) is 17.4. The molecule has 3 atom stereocenters. The first-order valence-electron chi connectivity index (χ1n) is 11.2. The number of alkyl halides is 1. The molecule has 0 saturated heterocycles. The SMILES string of the molecule is CON=CC(F)C(OC(=O)c1ccc2ccccc2c1)C(O)Cc1c(C(=O)O)ccc2ccccc12. The summed E-state index contributed by atoms with van der Waals surface area (Å²) >= 11 is 0. The van der Waals surface area contributed by atoms with Crippen molar-refractivity contribution in [2.24, 2.45) is 5.16 Å². The van der Waals surface area contributed by atoms with E-state index in [9.17, 15) is 19.8 Å². The first-order valence-corrected chi connectivity index (χ1v) is 11.2. The van der Waals surface area contributed by atoms with E-state index in [1.807, 2.05) is 24.3 Å². The Balaban J connectivity index is 1.66. The highest BCUT2D eigenvalue weighted by Crippen LogP contribution is 2.26. The summed E-state index contributed by atoms with van der Waals surface area (Å²) in [5.74, 6) is -2.03. The van der Waals surface area contributed by atoms with Gasteiger partial charge < -0.3 is 19.8 Å². The lowest BCUT2D eigenvalue weighted by atomic mass is 9.92. The standard InChI is InChI=1S/C28H24FNO6/c1-35-30-16-24(29)26(36-28(34)20-11-10-17-6-2-3-8-19(17)14-20)25(31)15-23-21-9-5-4-7-18(21)12-13-22(23)27(32)33/h2-14,16,24-26,31H,15H2,1H3,(H,32,33). The van der Waals surface area contributed by atoms with E-state index >= 15 is 4.39 Å². The van der Waals surface area contributed by atoms with Crippen LogP contribution in [0.4, 0.5) is 4.39 Å². The summed E-state index contributed by atoms with van der Waals surface area (Å²) in [6.45, 7) is 0. The lowest BCUT2D eigenvalue weighted by molar-refractivity contribution is -0.0370. The number of nitrogens with zero attached hydrogens (tertiary/aromatic N) is 1. The summed E-state index contributed by atoms with van der Waals surface area (Å²) in [4.78, 5) is 29.4. The number of aliphatic hydroxyl groups excluding tert-OH is 1. The van der Waals surface area contributed by atoms with Crippen LogP contribution in [0, 0.1) is 0 Å². The number of benzene rings is 4. The number of aliphatic hydroxyl groups is 1. The first kappa shape index (κ1) is 24.8. The van der Waals surface area contributed by atoms with Crippen molar-refractivity contribution in [1.29, 1.82) is 0 Å². The zero-order valence-electron chi connectivity index (χ0n) is 19.4. The third-order valence-electron chi connectivity index (χ3n) is 5.91. The van der Waals surface area contributed by atoms with Crippen LogP contribution in [-0.2, 0) is 16.0 Å². The van der Waals surface area contributed by atoms with Crippen molar-refractivity contribution >= 4 is 39.7 Å². The lowest BCUT2D eigenvalue weighted by Crippen LogP contribution is -2.41. The number of carboxylic acids is 1. The van der Waals surface area contributed by atoms with Gasteiger partial charge >= 0.3 is 11.9 Å². The topological polar surface area (TPSA) is 105 Å². The predicted octanol–water partition coefficient (Wildman–Crippen LogP) is 4.79. The van der Waals surface area contributed by atoms with Gasteiger partial charge in [0.2, 0.25) is 0 Å². The molecule has 0 spiro atoms. The number of halogens is 1. The van der Waals surface area contributed by atoms with Gasteiger partial charge in [-0.25, -0.2) is 14.0 Å². The number of carbonyl (C=O) groups is 2. The number of rotatable bonds is 9. The van der Waals surface area contributed by atoms with Crippen LogP contribution in [0.25, 0.3) is 21.5 Å². The molecule has 36 heavy (non-hydrogen) atoms. The highest BCUT2D eigenvalue weighted by molar-refractivity contribution is 5.98. The molecule has 7 nitrogen and oxygen atoms in total. The normalized spacial score (nSPS) is 14.0.